The topological polar surface area (TPSA) is 157 Å². The smallest absolute Gasteiger partial charge is 0.269 e. The Bertz CT molecular complexity index is 1120. The number of rotatable bonds is 9. The monoisotopic (exact) mass is 474 g/mol. The number of carboxylic acid groups (broad SMARTS) is 2. The first-order valence-electron chi connectivity index (χ1n) is 9.20. The molecule has 12 heteroatoms. The number of carboxylic acids is 2. The first-order chi connectivity index (χ1) is 15.2. The third-order valence-electron chi connectivity index (χ3n) is 4.53. The number of non-ortho nitro benzene ring substituents is 1. The van der Waals surface area contributed by atoms with E-state index in [1.807, 2.05) is 0 Å². The zero-order valence-corrected chi connectivity index (χ0v) is 17.9. The van der Waals surface area contributed by atoms with Gasteiger partial charge >= 0.3 is 0 Å². The molecule has 1 amide bonds. The van der Waals surface area contributed by atoms with Crippen molar-refractivity contribution in [3.05, 3.63) is 57.2 Å². The van der Waals surface area contributed by atoms with Crippen LogP contribution in [0.5, 0.6) is 0 Å². The van der Waals surface area contributed by atoms with Crippen LogP contribution in [0.2, 0.25) is 0 Å². The molecule has 1 fully saturated rings. The average molecular weight is 474 g/mol. The van der Waals surface area contributed by atoms with Gasteiger partial charge in [0.2, 0.25) is 0 Å². The number of amides is 1. The van der Waals surface area contributed by atoms with Gasteiger partial charge in [0, 0.05) is 29.7 Å². The minimum Gasteiger partial charge on any atom is -0.550 e. The summed E-state index contributed by atoms with van der Waals surface area (Å²) in [6.45, 7) is 0. The molecule has 3 rings (SSSR count). The standard InChI is InChI=1S/C20H16N2O8S2/c23-17(24)3-1-2-14(19(26)27)21-18(25)16(32-20(21)31)10-13-8-9-15(30-13)11-4-6-12(7-5-11)22(28)29/h4-10,14H,1-3H2,(H,23,24)(H,26,27)/p-2/b16-10+/t14-/m0/s1. The van der Waals surface area contributed by atoms with Gasteiger partial charge in [0.1, 0.15) is 15.8 Å². The summed E-state index contributed by atoms with van der Waals surface area (Å²) >= 11 is 6.03. The molecule has 2 aromatic rings. The maximum atomic E-state index is 12.8. The Morgan fingerprint density at radius 1 is 1.19 bits per heavy atom. The second-order valence-electron chi connectivity index (χ2n) is 6.66. The first-order valence-corrected chi connectivity index (χ1v) is 10.4. The number of hydrogen-bond acceptors (Lipinski definition) is 10. The van der Waals surface area contributed by atoms with Gasteiger partial charge in [-0.25, -0.2) is 0 Å². The fourth-order valence-electron chi connectivity index (χ4n) is 3.00. The van der Waals surface area contributed by atoms with E-state index in [4.69, 9.17) is 16.6 Å². The van der Waals surface area contributed by atoms with Crippen LogP contribution in [0, 0.1) is 10.1 Å². The van der Waals surface area contributed by atoms with Crippen LogP contribution < -0.4 is 10.2 Å². The van der Waals surface area contributed by atoms with E-state index in [9.17, 15) is 34.7 Å². The van der Waals surface area contributed by atoms with Crippen molar-refractivity contribution in [1.82, 2.24) is 4.90 Å². The molecule has 1 aromatic heterocycles. The van der Waals surface area contributed by atoms with Crippen molar-refractivity contribution in [2.75, 3.05) is 0 Å². The van der Waals surface area contributed by atoms with Gasteiger partial charge < -0.3 is 24.2 Å². The van der Waals surface area contributed by atoms with Crippen LogP contribution in [0.25, 0.3) is 17.4 Å². The highest BCUT2D eigenvalue weighted by molar-refractivity contribution is 8.26. The lowest BCUT2D eigenvalue weighted by Crippen LogP contribution is -2.50. The molecule has 1 aromatic carbocycles. The van der Waals surface area contributed by atoms with Crippen LogP contribution in [0.1, 0.15) is 25.0 Å². The Balaban J connectivity index is 1.77. The Labute approximate surface area is 190 Å². The lowest BCUT2D eigenvalue weighted by Gasteiger charge is -2.27. The molecule has 0 saturated carbocycles. The van der Waals surface area contributed by atoms with Gasteiger partial charge in [-0.3, -0.25) is 19.8 Å². The van der Waals surface area contributed by atoms with Crippen LogP contribution in [-0.2, 0) is 14.4 Å². The molecule has 0 spiro atoms. The number of nitro groups is 1. The molecule has 166 valence electrons. The third kappa shape index (κ3) is 5.21. The number of thioether (sulfide) groups is 1. The number of thiocarbonyl (C=S) groups is 1. The maximum Gasteiger partial charge on any atom is 0.269 e. The van der Waals surface area contributed by atoms with Gasteiger partial charge in [-0.05, 0) is 43.5 Å². The second-order valence-corrected chi connectivity index (χ2v) is 8.33. The van der Waals surface area contributed by atoms with Crippen molar-refractivity contribution < 1.29 is 33.9 Å². The van der Waals surface area contributed by atoms with E-state index < -0.39 is 28.8 Å². The van der Waals surface area contributed by atoms with Crippen molar-refractivity contribution in [3.8, 4) is 11.3 Å². The molecule has 1 aliphatic rings. The largest absolute Gasteiger partial charge is 0.550 e. The first kappa shape index (κ1) is 23.2. The van der Waals surface area contributed by atoms with E-state index in [0.717, 1.165) is 16.7 Å². The highest BCUT2D eigenvalue weighted by atomic mass is 32.2. The summed E-state index contributed by atoms with van der Waals surface area (Å²) in [5.41, 5.74) is 0.527. The van der Waals surface area contributed by atoms with Crippen LogP contribution >= 0.6 is 24.0 Å². The molecule has 0 unspecified atom stereocenters. The van der Waals surface area contributed by atoms with Crippen molar-refractivity contribution in [3.63, 3.8) is 0 Å². The summed E-state index contributed by atoms with van der Waals surface area (Å²) in [7, 11) is 0. The number of furan rings is 1. The zero-order valence-electron chi connectivity index (χ0n) is 16.2. The normalized spacial score (nSPS) is 15.9. The highest BCUT2D eigenvalue weighted by Gasteiger charge is 2.37. The molecule has 2 heterocycles. The molecule has 0 bridgehead atoms. The maximum absolute atomic E-state index is 12.8. The molecule has 32 heavy (non-hydrogen) atoms. The fraction of sp³-hybridized carbons (Fsp3) is 0.200. The van der Waals surface area contributed by atoms with E-state index in [2.05, 4.69) is 0 Å². The minimum atomic E-state index is -1.54. The Morgan fingerprint density at radius 2 is 1.88 bits per heavy atom. The SMILES string of the molecule is O=C([O-])CCC[C@@H](C(=O)[O-])N1C(=O)/C(=C\c2ccc(-c3ccc([N+](=O)[O-])cc3)o2)SC1=S. The van der Waals surface area contributed by atoms with E-state index in [1.54, 1.807) is 12.1 Å². The fourth-order valence-corrected chi connectivity index (χ4v) is 4.34. The lowest BCUT2D eigenvalue weighted by molar-refractivity contribution is -0.384. The van der Waals surface area contributed by atoms with E-state index in [-0.39, 0.29) is 34.2 Å². The number of nitrogens with zero attached hydrogens (tertiary/aromatic N) is 2. The molecular weight excluding hydrogens is 460 g/mol. The number of carbonyl (C=O) groups is 3. The Hall–Kier alpha value is -3.51. The van der Waals surface area contributed by atoms with Crippen molar-refractivity contribution >= 4 is 57.9 Å². The molecule has 1 atom stereocenters. The summed E-state index contributed by atoms with van der Waals surface area (Å²) in [4.78, 5) is 46.1. The van der Waals surface area contributed by atoms with Crippen molar-refractivity contribution in [2.24, 2.45) is 0 Å². The lowest BCUT2D eigenvalue weighted by atomic mass is 10.1. The molecule has 0 N–H and O–H groups in total. The summed E-state index contributed by atoms with van der Waals surface area (Å²) in [5, 5.41) is 32.9. The molecule has 0 aliphatic carbocycles. The van der Waals surface area contributed by atoms with Crippen LogP contribution in [0.15, 0.2) is 45.7 Å². The quantitative estimate of drug-likeness (QED) is 0.223. The summed E-state index contributed by atoms with van der Waals surface area (Å²) in [6, 6.07) is 7.53. The van der Waals surface area contributed by atoms with Gasteiger partial charge in [-0.15, -0.1) is 0 Å². The molecule has 0 radical (unpaired) electrons. The summed E-state index contributed by atoms with van der Waals surface area (Å²) < 4.78 is 5.68. The Morgan fingerprint density at radius 3 is 2.47 bits per heavy atom. The van der Waals surface area contributed by atoms with Crippen molar-refractivity contribution in [1.29, 1.82) is 0 Å². The number of carbonyl (C=O) groups excluding carboxylic acids is 3. The van der Waals surface area contributed by atoms with Gasteiger partial charge in [-0.2, -0.15) is 0 Å². The van der Waals surface area contributed by atoms with Crippen molar-refractivity contribution in [2.45, 2.75) is 25.3 Å². The predicted molar refractivity (Wildman–Crippen MR) is 113 cm³/mol. The highest BCUT2D eigenvalue weighted by Crippen LogP contribution is 2.35. The summed E-state index contributed by atoms with van der Waals surface area (Å²) in [6.07, 6.45) is 0.878. The average Bonchev–Trinajstić information content (AvgIpc) is 3.30. The molecule has 10 nitrogen and oxygen atoms in total. The zero-order chi connectivity index (χ0) is 23.4. The van der Waals surface area contributed by atoms with E-state index in [0.29, 0.717) is 17.1 Å². The molecular formula is C20H14N2O8S2-2. The van der Waals surface area contributed by atoms with E-state index in [1.165, 1.54) is 30.3 Å². The van der Waals surface area contributed by atoms with Gasteiger partial charge in [0.05, 0.1) is 21.8 Å². The van der Waals surface area contributed by atoms with Gasteiger partial charge in [0.15, 0.2) is 0 Å². The van der Waals surface area contributed by atoms with Crippen LogP contribution in [0.4, 0.5) is 5.69 Å². The van der Waals surface area contributed by atoms with Crippen LogP contribution in [-0.4, -0.2) is 38.0 Å². The molecule has 1 saturated heterocycles. The predicted octanol–water partition coefficient (Wildman–Crippen LogP) is 1.09. The summed E-state index contributed by atoms with van der Waals surface area (Å²) in [5.74, 6) is -2.82. The van der Waals surface area contributed by atoms with Crippen LogP contribution in [0.3, 0.4) is 0 Å². The minimum absolute atomic E-state index is 0.00560. The van der Waals surface area contributed by atoms with Gasteiger partial charge in [-0.1, -0.05) is 24.0 Å². The third-order valence-corrected chi connectivity index (χ3v) is 5.86. The number of nitro benzene ring substituents is 1. The van der Waals surface area contributed by atoms with E-state index >= 15 is 0 Å². The second kappa shape index (κ2) is 9.75. The number of aliphatic carboxylic acids is 2. The molecule has 1 aliphatic heterocycles. The Kier molecular flexibility index (Phi) is 7.05. The number of benzene rings is 1. The number of hydrogen-bond donors (Lipinski definition) is 0. The van der Waals surface area contributed by atoms with Gasteiger partial charge in [0.25, 0.3) is 11.6 Å².